The predicted octanol–water partition coefficient (Wildman–Crippen LogP) is 14.7. The summed E-state index contributed by atoms with van der Waals surface area (Å²) >= 11 is 1.82. The van der Waals surface area contributed by atoms with Gasteiger partial charge in [0.2, 0.25) is 0 Å². The van der Waals surface area contributed by atoms with Crippen molar-refractivity contribution in [3.05, 3.63) is 212 Å². The highest BCUT2D eigenvalue weighted by atomic mass is 32.1. The second kappa shape index (κ2) is 14.9. The number of nitrogens with zero attached hydrogens (tertiary/aromatic N) is 5. The standard InChI is InChI=1S/C56H35N5S/c1-5-17-36(18-6-1)39-23-15-24-40(31-39)41-32-47(56-59-54(37-19-7-2-8-20-37)58-55(60-56)38-21-9-3-10-22-38)53(57-35-41)44-28-16-30-50-52(44)46-33-45-43-27-13-14-29-48(43)61(42-25-11-4-12-26-42)49(45)34-51(46)62-50/h1-35H. The molecule has 8 aromatic carbocycles. The third-order valence-corrected chi connectivity index (χ3v) is 12.8. The molecular formula is C56H35N5S. The van der Waals surface area contributed by atoms with Gasteiger partial charge >= 0.3 is 0 Å². The maximum atomic E-state index is 5.40. The van der Waals surface area contributed by atoms with Crippen molar-refractivity contribution >= 4 is 53.3 Å². The molecule has 0 aliphatic heterocycles. The van der Waals surface area contributed by atoms with Gasteiger partial charge in [-0.25, -0.2) is 15.0 Å². The van der Waals surface area contributed by atoms with Crippen molar-refractivity contribution in [1.82, 2.24) is 24.5 Å². The van der Waals surface area contributed by atoms with Crippen LogP contribution in [0, 0.1) is 0 Å². The lowest BCUT2D eigenvalue weighted by Crippen LogP contribution is -2.02. The molecule has 0 saturated carbocycles. The van der Waals surface area contributed by atoms with E-state index in [0.29, 0.717) is 17.5 Å². The minimum atomic E-state index is 0.561. The van der Waals surface area contributed by atoms with Crippen LogP contribution in [0.3, 0.4) is 0 Å². The van der Waals surface area contributed by atoms with Gasteiger partial charge in [0.05, 0.1) is 16.7 Å². The Balaban J connectivity index is 1.12. The molecule has 12 aromatic rings. The number of hydrogen-bond acceptors (Lipinski definition) is 5. The lowest BCUT2D eigenvalue weighted by Gasteiger charge is -2.14. The van der Waals surface area contributed by atoms with Crippen molar-refractivity contribution in [2.24, 2.45) is 0 Å². The maximum absolute atomic E-state index is 5.40. The number of aromatic nitrogens is 5. The van der Waals surface area contributed by atoms with Crippen LogP contribution in [0.2, 0.25) is 0 Å². The maximum Gasteiger partial charge on any atom is 0.166 e. The summed E-state index contributed by atoms with van der Waals surface area (Å²) in [4.78, 5) is 21.0. The monoisotopic (exact) mass is 809 g/mol. The highest BCUT2D eigenvalue weighted by molar-refractivity contribution is 7.26. The molecule has 62 heavy (non-hydrogen) atoms. The molecule has 0 atom stereocenters. The van der Waals surface area contributed by atoms with Crippen LogP contribution in [-0.2, 0) is 0 Å². The number of para-hydroxylation sites is 2. The van der Waals surface area contributed by atoms with E-state index in [2.05, 4.69) is 144 Å². The van der Waals surface area contributed by atoms with Gasteiger partial charge in [-0.3, -0.25) is 4.98 Å². The lowest BCUT2D eigenvalue weighted by molar-refractivity contribution is 1.07. The van der Waals surface area contributed by atoms with Gasteiger partial charge in [0.15, 0.2) is 17.5 Å². The Hall–Kier alpha value is -8.06. The summed E-state index contributed by atoms with van der Waals surface area (Å²) < 4.78 is 4.79. The van der Waals surface area contributed by atoms with Gasteiger partial charge in [0.25, 0.3) is 0 Å². The Labute approximate surface area is 361 Å². The summed E-state index contributed by atoms with van der Waals surface area (Å²) in [7, 11) is 0. The SMILES string of the molecule is c1ccc(-c2cccc(-c3cnc(-c4cccc5sc6cc7c(cc6c45)c4ccccc4n7-c4ccccc4)c(-c4nc(-c5ccccc5)nc(-c5ccccc5)n4)c3)c2)cc1. The average molecular weight is 810 g/mol. The molecule has 0 N–H and O–H groups in total. The fourth-order valence-corrected chi connectivity index (χ4v) is 9.93. The zero-order valence-electron chi connectivity index (χ0n) is 33.4. The number of fused-ring (bicyclic) bond motifs is 6. The van der Waals surface area contributed by atoms with Crippen LogP contribution in [0.25, 0.3) is 115 Å². The second-order valence-corrected chi connectivity index (χ2v) is 16.5. The first-order valence-electron chi connectivity index (χ1n) is 20.7. The molecule has 0 aliphatic carbocycles. The zero-order valence-corrected chi connectivity index (χ0v) is 34.2. The van der Waals surface area contributed by atoms with Crippen LogP contribution in [0.1, 0.15) is 0 Å². The van der Waals surface area contributed by atoms with Gasteiger partial charge in [-0.05, 0) is 65.2 Å². The molecule has 4 aromatic heterocycles. The van der Waals surface area contributed by atoms with Crippen LogP contribution in [0.5, 0.6) is 0 Å². The third kappa shape index (κ3) is 6.16. The fraction of sp³-hybridized carbons (Fsp3) is 0. The number of hydrogen-bond donors (Lipinski definition) is 0. The van der Waals surface area contributed by atoms with Crippen molar-refractivity contribution in [3.63, 3.8) is 0 Å². The molecule has 6 heteroatoms. The molecule has 0 saturated heterocycles. The van der Waals surface area contributed by atoms with E-state index >= 15 is 0 Å². The minimum absolute atomic E-state index is 0.561. The van der Waals surface area contributed by atoms with Crippen LogP contribution in [0.15, 0.2) is 212 Å². The minimum Gasteiger partial charge on any atom is -0.309 e. The number of benzene rings is 8. The molecule has 0 fully saturated rings. The largest absolute Gasteiger partial charge is 0.309 e. The van der Waals surface area contributed by atoms with Crippen LogP contribution < -0.4 is 0 Å². The van der Waals surface area contributed by atoms with E-state index in [0.717, 1.165) is 55.9 Å². The molecule has 0 unspecified atom stereocenters. The molecule has 0 amide bonds. The number of pyridine rings is 1. The van der Waals surface area contributed by atoms with Gasteiger partial charge in [-0.15, -0.1) is 11.3 Å². The van der Waals surface area contributed by atoms with Crippen LogP contribution in [0.4, 0.5) is 0 Å². The van der Waals surface area contributed by atoms with Crippen molar-refractivity contribution < 1.29 is 0 Å². The topological polar surface area (TPSA) is 56.5 Å². The highest BCUT2D eigenvalue weighted by Gasteiger charge is 2.22. The third-order valence-electron chi connectivity index (χ3n) is 11.7. The van der Waals surface area contributed by atoms with Gasteiger partial charge in [-0.1, -0.05) is 158 Å². The summed E-state index contributed by atoms with van der Waals surface area (Å²) in [5.41, 5.74) is 12.4. The summed E-state index contributed by atoms with van der Waals surface area (Å²) in [6, 6.07) is 72.3. The van der Waals surface area contributed by atoms with E-state index < -0.39 is 0 Å². The number of thiophene rings is 1. The average Bonchev–Trinajstić information content (AvgIpc) is 3.89. The highest BCUT2D eigenvalue weighted by Crippen LogP contribution is 2.45. The Morgan fingerprint density at radius 2 is 0.935 bits per heavy atom. The summed E-state index contributed by atoms with van der Waals surface area (Å²) in [6.45, 7) is 0. The number of rotatable bonds is 7. The van der Waals surface area contributed by atoms with Gasteiger partial charge < -0.3 is 4.57 Å². The normalized spacial score (nSPS) is 11.5. The Morgan fingerprint density at radius 1 is 0.355 bits per heavy atom. The first-order valence-corrected chi connectivity index (χ1v) is 21.5. The van der Waals surface area contributed by atoms with Crippen LogP contribution >= 0.6 is 11.3 Å². The van der Waals surface area contributed by atoms with Gasteiger partial charge in [0.1, 0.15) is 0 Å². The fourth-order valence-electron chi connectivity index (χ4n) is 8.79. The Morgan fingerprint density at radius 3 is 1.65 bits per heavy atom. The molecule has 5 nitrogen and oxygen atoms in total. The summed E-state index contributed by atoms with van der Waals surface area (Å²) in [6.07, 6.45) is 2.00. The van der Waals surface area contributed by atoms with Crippen molar-refractivity contribution in [3.8, 4) is 73.4 Å². The van der Waals surface area contributed by atoms with Crippen molar-refractivity contribution in [2.45, 2.75) is 0 Å². The Bertz CT molecular complexity index is 3560. The van der Waals surface area contributed by atoms with Crippen molar-refractivity contribution in [1.29, 1.82) is 0 Å². The summed E-state index contributed by atoms with van der Waals surface area (Å²) in [5, 5.41) is 4.80. The van der Waals surface area contributed by atoms with E-state index in [1.807, 2.05) is 84.3 Å². The molecule has 4 heterocycles. The van der Waals surface area contributed by atoms with E-state index in [9.17, 15) is 0 Å². The molecular weight excluding hydrogens is 775 g/mol. The molecule has 0 aliphatic rings. The molecule has 0 bridgehead atoms. The quantitative estimate of drug-likeness (QED) is 0.161. The zero-order chi connectivity index (χ0) is 41.0. The van der Waals surface area contributed by atoms with E-state index in [1.54, 1.807) is 0 Å². The van der Waals surface area contributed by atoms with E-state index in [4.69, 9.17) is 19.9 Å². The van der Waals surface area contributed by atoms with Gasteiger partial charge in [0, 0.05) is 70.6 Å². The lowest BCUT2D eigenvalue weighted by atomic mass is 9.95. The van der Waals surface area contributed by atoms with Crippen molar-refractivity contribution in [2.75, 3.05) is 0 Å². The first-order chi connectivity index (χ1) is 30.7. The predicted molar refractivity (Wildman–Crippen MR) is 257 cm³/mol. The molecule has 0 spiro atoms. The first kappa shape index (κ1) is 35.8. The van der Waals surface area contributed by atoms with Gasteiger partial charge in [-0.2, -0.15) is 0 Å². The molecule has 290 valence electrons. The van der Waals surface area contributed by atoms with E-state index in [1.165, 1.54) is 42.0 Å². The smallest absolute Gasteiger partial charge is 0.166 e. The molecule has 12 rings (SSSR count). The summed E-state index contributed by atoms with van der Waals surface area (Å²) in [5.74, 6) is 1.77. The Kier molecular flexibility index (Phi) is 8.61. The second-order valence-electron chi connectivity index (χ2n) is 15.4. The van der Waals surface area contributed by atoms with Crippen LogP contribution in [-0.4, -0.2) is 24.5 Å². The molecule has 0 radical (unpaired) electrons. The van der Waals surface area contributed by atoms with E-state index in [-0.39, 0.29) is 0 Å².